The fourth-order valence-corrected chi connectivity index (χ4v) is 1.27. The molecule has 0 atom stereocenters. The van der Waals surface area contributed by atoms with E-state index >= 15 is 0 Å². The third kappa shape index (κ3) is 3.63. The molecule has 0 rings (SSSR count). The number of aliphatic hydroxyl groups excluding tert-OH is 1. The van der Waals surface area contributed by atoms with Gasteiger partial charge in [0.05, 0.1) is 11.2 Å². The van der Waals surface area contributed by atoms with Crippen molar-refractivity contribution >= 4 is 22.6 Å². The Labute approximate surface area is 64.0 Å². The SMILES string of the molecule is CCN(CI)CCO. The van der Waals surface area contributed by atoms with Crippen LogP contribution in [-0.2, 0) is 0 Å². The zero-order chi connectivity index (χ0) is 6.41. The zero-order valence-electron chi connectivity index (χ0n) is 5.10. The van der Waals surface area contributed by atoms with Gasteiger partial charge in [-0.15, -0.1) is 0 Å². The molecule has 0 unspecified atom stereocenters. The summed E-state index contributed by atoms with van der Waals surface area (Å²) in [6.07, 6.45) is 0. The van der Waals surface area contributed by atoms with E-state index in [0.29, 0.717) is 0 Å². The summed E-state index contributed by atoms with van der Waals surface area (Å²) in [6.45, 7) is 4.20. The van der Waals surface area contributed by atoms with E-state index in [-0.39, 0.29) is 6.61 Å². The normalized spacial score (nSPS) is 10.5. The van der Waals surface area contributed by atoms with Crippen LogP contribution in [0.5, 0.6) is 0 Å². The van der Waals surface area contributed by atoms with E-state index in [1.54, 1.807) is 0 Å². The van der Waals surface area contributed by atoms with Gasteiger partial charge < -0.3 is 5.11 Å². The molecular formula is C5H12INO. The lowest BCUT2D eigenvalue weighted by Gasteiger charge is -2.13. The Morgan fingerprint density at radius 3 is 2.38 bits per heavy atom. The highest BCUT2D eigenvalue weighted by atomic mass is 127. The summed E-state index contributed by atoms with van der Waals surface area (Å²) in [6, 6.07) is 0. The van der Waals surface area contributed by atoms with Crippen molar-refractivity contribution in [2.45, 2.75) is 6.92 Å². The van der Waals surface area contributed by atoms with Crippen molar-refractivity contribution in [3.63, 3.8) is 0 Å². The molecule has 0 aromatic heterocycles. The molecule has 0 amide bonds. The third-order valence-corrected chi connectivity index (χ3v) is 2.00. The lowest BCUT2D eigenvalue weighted by molar-refractivity contribution is 0.224. The lowest BCUT2D eigenvalue weighted by atomic mass is 10.6. The lowest BCUT2D eigenvalue weighted by Crippen LogP contribution is -2.24. The van der Waals surface area contributed by atoms with Crippen LogP contribution in [0.1, 0.15) is 6.92 Å². The van der Waals surface area contributed by atoms with Gasteiger partial charge in [-0.2, -0.15) is 0 Å². The molecule has 0 radical (unpaired) electrons. The molecule has 8 heavy (non-hydrogen) atoms. The topological polar surface area (TPSA) is 23.5 Å². The highest BCUT2D eigenvalue weighted by Gasteiger charge is 1.94. The van der Waals surface area contributed by atoms with Crippen molar-refractivity contribution in [1.82, 2.24) is 4.90 Å². The molecule has 0 fully saturated rings. The predicted molar refractivity (Wildman–Crippen MR) is 43.2 cm³/mol. The molecule has 3 heteroatoms. The second-order valence-corrected chi connectivity index (χ2v) is 2.24. The Morgan fingerprint density at radius 1 is 1.62 bits per heavy atom. The first-order chi connectivity index (χ1) is 3.85. The Kier molecular flexibility index (Phi) is 6.25. The van der Waals surface area contributed by atoms with Gasteiger partial charge in [0.1, 0.15) is 0 Å². The Balaban J connectivity index is 3.07. The molecule has 0 aliphatic carbocycles. The predicted octanol–water partition coefficient (Wildman–Crippen LogP) is 0.693. The van der Waals surface area contributed by atoms with E-state index in [1.165, 1.54) is 0 Å². The van der Waals surface area contributed by atoms with Gasteiger partial charge >= 0.3 is 0 Å². The Morgan fingerprint density at radius 2 is 2.25 bits per heavy atom. The summed E-state index contributed by atoms with van der Waals surface area (Å²) in [5.74, 6) is 0. The summed E-state index contributed by atoms with van der Waals surface area (Å²) in [4.78, 5) is 2.17. The van der Waals surface area contributed by atoms with Crippen molar-refractivity contribution in [2.75, 3.05) is 24.2 Å². The van der Waals surface area contributed by atoms with E-state index in [1.807, 2.05) is 0 Å². The van der Waals surface area contributed by atoms with Crippen LogP contribution in [0.2, 0.25) is 0 Å². The summed E-state index contributed by atoms with van der Waals surface area (Å²) < 4.78 is 1.01. The van der Waals surface area contributed by atoms with Crippen LogP contribution < -0.4 is 0 Å². The maximum absolute atomic E-state index is 8.45. The Hall–Kier alpha value is 0.650. The molecule has 0 aliphatic rings. The number of rotatable bonds is 4. The van der Waals surface area contributed by atoms with Crippen LogP contribution in [0.3, 0.4) is 0 Å². The van der Waals surface area contributed by atoms with Crippen molar-refractivity contribution < 1.29 is 5.11 Å². The first-order valence-corrected chi connectivity index (χ1v) is 4.26. The average Bonchev–Trinajstić information content (AvgIpc) is 1.83. The standard InChI is InChI=1S/C5H12INO/c1-2-7(5-6)3-4-8/h8H,2-5H2,1H3. The number of alkyl halides is 1. The van der Waals surface area contributed by atoms with Crippen LogP contribution in [0.4, 0.5) is 0 Å². The number of halogens is 1. The molecule has 0 heterocycles. The molecule has 0 spiro atoms. The number of nitrogens with zero attached hydrogens (tertiary/aromatic N) is 1. The minimum Gasteiger partial charge on any atom is -0.395 e. The second kappa shape index (κ2) is 5.78. The minimum absolute atomic E-state index is 0.275. The molecule has 0 aromatic carbocycles. The maximum Gasteiger partial charge on any atom is 0.0558 e. The molecule has 0 aromatic rings. The van der Waals surface area contributed by atoms with Gasteiger partial charge in [0.2, 0.25) is 0 Å². The van der Waals surface area contributed by atoms with Gasteiger partial charge in [0.15, 0.2) is 0 Å². The first-order valence-electron chi connectivity index (χ1n) is 2.74. The second-order valence-electron chi connectivity index (χ2n) is 1.55. The fourth-order valence-electron chi connectivity index (χ4n) is 0.444. The molecule has 0 saturated heterocycles. The van der Waals surface area contributed by atoms with Crippen LogP contribution in [0, 0.1) is 0 Å². The summed E-state index contributed by atoms with van der Waals surface area (Å²) in [7, 11) is 0. The number of hydrogen-bond donors (Lipinski definition) is 1. The maximum atomic E-state index is 8.45. The van der Waals surface area contributed by atoms with Crippen molar-refractivity contribution in [3.05, 3.63) is 0 Å². The van der Waals surface area contributed by atoms with Gasteiger partial charge in [-0.05, 0) is 6.54 Å². The van der Waals surface area contributed by atoms with Gasteiger partial charge in [-0.3, -0.25) is 4.90 Å². The number of aliphatic hydroxyl groups is 1. The fraction of sp³-hybridized carbons (Fsp3) is 1.00. The van der Waals surface area contributed by atoms with Crippen molar-refractivity contribution in [2.24, 2.45) is 0 Å². The van der Waals surface area contributed by atoms with Gasteiger partial charge in [-0.25, -0.2) is 0 Å². The van der Waals surface area contributed by atoms with Gasteiger partial charge in [0, 0.05) is 6.54 Å². The van der Waals surface area contributed by atoms with Crippen LogP contribution in [0.25, 0.3) is 0 Å². The molecule has 50 valence electrons. The summed E-state index contributed by atoms with van der Waals surface area (Å²) in [5.41, 5.74) is 0. The number of likely N-dealkylation sites (N-methyl/N-ethyl adjacent to an activating group) is 1. The monoisotopic (exact) mass is 229 g/mol. The van der Waals surface area contributed by atoms with E-state index in [0.717, 1.165) is 17.6 Å². The minimum atomic E-state index is 0.275. The van der Waals surface area contributed by atoms with E-state index in [4.69, 9.17) is 5.11 Å². The van der Waals surface area contributed by atoms with Crippen LogP contribution in [-0.4, -0.2) is 34.3 Å². The highest BCUT2D eigenvalue weighted by Crippen LogP contribution is 1.90. The molecule has 0 saturated carbocycles. The molecule has 1 N–H and O–H groups in total. The van der Waals surface area contributed by atoms with Gasteiger partial charge in [-0.1, -0.05) is 29.5 Å². The van der Waals surface area contributed by atoms with Gasteiger partial charge in [0.25, 0.3) is 0 Å². The highest BCUT2D eigenvalue weighted by molar-refractivity contribution is 14.1. The summed E-state index contributed by atoms with van der Waals surface area (Å²) in [5, 5.41) is 8.45. The molecule has 0 aliphatic heterocycles. The first kappa shape index (κ1) is 8.65. The summed E-state index contributed by atoms with van der Waals surface area (Å²) >= 11 is 2.29. The third-order valence-electron chi connectivity index (χ3n) is 1.03. The van der Waals surface area contributed by atoms with E-state index < -0.39 is 0 Å². The molecular weight excluding hydrogens is 217 g/mol. The van der Waals surface area contributed by atoms with Crippen LogP contribution in [0.15, 0.2) is 0 Å². The van der Waals surface area contributed by atoms with Crippen LogP contribution >= 0.6 is 22.6 Å². The van der Waals surface area contributed by atoms with E-state index in [2.05, 4.69) is 34.4 Å². The van der Waals surface area contributed by atoms with Crippen molar-refractivity contribution in [3.8, 4) is 0 Å². The number of hydrogen-bond acceptors (Lipinski definition) is 2. The quantitative estimate of drug-likeness (QED) is 0.435. The largest absolute Gasteiger partial charge is 0.395 e. The Bertz CT molecular complexity index is 47.7. The van der Waals surface area contributed by atoms with E-state index in [9.17, 15) is 0 Å². The molecule has 2 nitrogen and oxygen atoms in total. The molecule has 0 bridgehead atoms. The van der Waals surface area contributed by atoms with Crippen molar-refractivity contribution in [1.29, 1.82) is 0 Å². The zero-order valence-corrected chi connectivity index (χ0v) is 7.26. The average molecular weight is 229 g/mol. The smallest absolute Gasteiger partial charge is 0.0558 e.